The highest BCUT2D eigenvalue weighted by Crippen LogP contribution is 2.09. The number of nitrogens with one attached hydrogen (secondary N) is 1. The highest BCUT2D eigenvalue weighted by molar-refractivity contribution is 7.09. The van der Waals surface area contributed by atoms with Crippen LogP contribution >= 0.6 is 11.5 Å². The van der Waals surface area contributed by atoms with Crippen LogP contribution < -0.4 is 11.1 Å². The molecule has 0 aliphatic heterocycles. The average Bonchev–Trinajstić information content (AvgIpc) is 2.89. The van der Waals surface area contributed by atoms with E-state index in [1.165, 1.54) is 0 Å². The Labute approximate surface area is 107 Å². The lowest BCUT2D eigenvalue weighted by Crippen LogP contribution is -2.11. The predicted octanol–water partition coefficient (Wildman–Crippen LogP) is 0.496. The van der Waals surface area contributed by atoms with Crippen LogP contribution in [0.4, 0.5) is 5.13 Å². The Morgan fingerprint density at radius 2 is 2.17 bits per heavy atom. The maximum absolute atomic E-state index is 11.8. The van der Waals surface area contributed by atoms with Crippen molar-refractivity contribution in [1.82, 2.24) is 14.8 Å². The lowest BCUT2D eigenvalue weighted by Gasteiger charge is -2.00. The van der Waals surface area contributed by atoms with Crippen LogP contribution in [0.25, 0.3) is 0 Å². The summed E-state index contributed by atoms with van der Waals surface area (Å²) < 4.78 is 3.55. The van der Waals surface area contributed by atoms with Gasteiger partial charge in [0.05, 0.1) is 6.54 Å². The van der Waals surface area contributed by atoms with Crippen molar-refractivity contribution in [2.75, 3.05) is 11.9 Å². The molecule has 0 aliphatic rings. The number of hydrogen-bond donors (Lipinski definition) is 2. The quantitative estimate of drug-likeness (QED) is 0.766. The van der Waals surface area contributed by atoms with Gasteiger partial charge in [0.15, 0.2) is 0 Å². The fraction of sp³-hybridized carbons (Fsp3) is 0.0909. The molecule has 0 spiro atoms. The maximum atomic E-state index is 11.8. The third-order valence-electron chi connectivity index (χ3n) is 2.00. The van der Waals surface area contributed by atoms with Crippen LogP contribution in [0.15, 0.2) is 24.3 Å². The van der Waals surface area contributed by atoms with E-state index in [1.54, 1.807) is 24.3 Å². The maximum Gasteiger partial charge on any atom is 0.257 e. The van der Waals surface area contributed by atoms with Crippen molar-refractivity contribution >= 4 is 22.6 Å². The molecule has 2 rings (SSSR count). The molecule has 1 aromatic carbocycles. The van der Waals surface area contributed by atoms with Gasteiger partial charge in [-0.2, -0.15) is 0 Å². The fourth-order valence-corrected chi connectivity index (χ4v) is 1.57. The first-order valence-corrected chi connectivity index (χ1v) is 5.82. The molecule has 0 atom stereocenters. The molecule has 2 aromatic rings. The Morgan fingerprint density at radius 3 is 2.78 bits per heavy atom. The van der Waals surface area contributed by atoms with Crippen molar-refractivity contribution in [2.45, 2.75) is 0 Å². The summed E-state index contributed by atoms with van der Waals surface area (Å²) in [6.07, 6.45) is 0. The first kappa shape index (κ1) is 12.2. The van der Waals surface area contributed by atoms with Crippen molar-refractivity contribution in [2.24, 2.45) is 5.73 Å². The zero-order chi connectivity index (χ0) is 12.8. The third-order valence-corrected chi connectivity index (χ3v) is 2.51. The normalized spacial score (nSPS) is 9.39. The number of nitrogens with zero attached hydrogens (tertiary/aromatic N) is 3. The molecular formula is C11H9N5OS. The molecule has 0 unspecified atom stereocenters. The Morgan fingerprint density at radius 1 is 1.39 bits per heavy atom. The Kier molecular flexibility index (Phi) is 3.96. The van der Waals surface area contributed by atoms with Crippen LogP contribution in [0.5, 0.6) is 0 Å². The Hall–Kier alpha value is -2.30. The standard InChI is InChI=1S/C11H9N5OS/c12-7-1-2-8-3-5-9(6-4-8)10(17)13-11-14-15-16-18-11/h3-6H,7,12H2,(H,13,14,16,17). The molecule has 90 valence electrons. The molecule has 6 nitrogen and oxygen atoms in total. The van der Waals surface area contributed by atoms with Gasteiger partial charge in [0.25, 0.3) is 5.91 Å². The average molecular weight is 259 g/mol. The minimum Gasteiger partial charge on any atom is -0.320 e. The first-order chi connectivity index (χ1) is 8.79. The second-order valence-corrected chi connectivity index (χ2v) is 3.94. The van der Waals surface area contributed by atoms with Gasteiger partial charge in [-0.05, 0) is 29.5 Å². The van der Waals surface area contributed by atoms with Crippen molar-refractivity contribution in [3.8, 4) is 11.8 Å². The van der Waals surface area contributed by atoms with Crippen LogP contribution in [-0.2, 0) is 0 Å². The summed E-state index contributed by atoms with van der Waals surface area (Å²) in [5.74, 6) is 5.36. The number of anilines is 1. The van der Waals surface area contributed by atoms with E-state index in [1.807, 2.05) is 0 Å². The molecular weight excluding hydrogens is 250 g/mol. The summed E-state index contributed by atoms with van der Waals surface area (Å²) in [6.45, 7) is 0.312. The highest BCUT2D eigenvalue weighted by atomic mass is 32.1. The van der Waals surface area contributed by atoms with Crippen molar-refractivity contribution in [3.63, 3.8) is 0 Å². The molecule has 18 heavy (non-hydrogen) atoms. The zero-order valence-corrected chi connectivity index (χ0v) is 10.1. The van der Waals surface area contributed by atoms with Crippen molar-refractivity contribution in [3.05, 3.63) is 35.4 Å². The van der Waals surface area contributed by atoms with Crippen molar-refractivity contribution in [1.29, 1.82) is 0 Å². The highest BCUT2D eigenvalue weighted by Gasteiger charge is 2.07. The molecule has 1 aromatic heterocycles. The summed E-state index contributed by atoms with van der Waals surface area (Å²) in [5.41, 5.74) is 6.61. The van der Waals surface area contributed by atoms with E-state index < -0.39 is 0 Å². The van der Waals surface area contributed by atoms with Gasteiger partial charge in [0.2, 0.25) is 5.13 Å². The van der Waals surface area contributed by atoms with Gasteiger partial charge < -0.3 is 5.73 Å². The second kappa shape index (κ2) is 5.86. The minimum atomic E-state index is -0.258. The summed E-state index contributed by atoms with van der Waals surface area (Å²) in [4.78, 5) is 11.8. The summed E-state index contributed by atoms with van der Waals surface area (Å²) >= 11 is 1.02. The molecule has 0 saturated heterocycles. The molecule has 0 saturated carbocycles. The van der Waals surface area contributed by atoms with E-state index in [0.717, 1.165) is 17.1 Å². The van der Waals surface area contributed by atoms with Gasteiger partial charge in [-0.1, -0.05) is 21.4 Å². The van der Waals surface area contributed by atoms with Gasteiger partial charge in [-0.25, -0.2) is 0 Å². The van der Waals surface area contributed by atoms with Crippen LogP contribution in [0.1, 0.15) is 15.9 Å². The Bertz CT molecular complexity index is 582. The smallest absolute Gasteiger partial charge is 0.257 e. The van der Waals surface area contributed by atoms with Crippen LogP contribution in [0.2, 0.25) is 0 Å². The van der Waals surface area contributed by atoms with E-state index in [9.17, 15) is 4.79 Å². The number of nitrogens with two attached hydrogens (primary N) is 1. The monoisotopic (exact) mass is 259 g/mol. The first-order valence-electron chi connectivity index (χ1n) is 5.05. The molecule has 3 N–H and O–H groups in total. The van der Waals surface area contributed by atoms with Gasteiger partial charge in [-0.15, -0.1) is 0 Å². The second-order valence-electron chi connectivity index (χ2n) is 3.20. The minimum absolute atomic E-state index is 0.258. The molecule has 0 radical (unpaired) electrons. The van der Waals surface area contributed by atoms with E-state index in [-0.39, 0.29) is 5.91 Å². The number of aromatic nitrogens is 3. The number of carbonyl (C=O) groups is 1. The molecule has 0 bridgehead atoms. The lowest BCUT2D eigenvalue weighted by molar-refractivity contribution is 0.102. The molecule has 1 amide bonds. The number of hydrogen-bond acceptors (Lipinski definition) is 6. The summed E-state index contributed by atoms with van der Waals surface area (Å²) in [6, 6.07) is 6.89. The van der Waals surface area contributed by atoms with Crippen LogP contribution in [0.3, 0.4) is 0 Å². The van der Waals surface area contributed by atoms with Gasteiger partial charge in [-0.3, -0.25) is 10.1 Å². The molecule has 0 fully saturated rings. The van der Waals surface area contributed by atoms with Crippen LogP contribution in [0, 0.1) is 11.8 Å². The molecule has 1 heterocycles. The predicted molar refractivity (Wildman–Crippen MR) is 68.0 cm³/mol. The fourth-order valence-electron chi connectivity index (χ4n) is 1.21. The Balaban J connectivity index is 2.07. The number of rotatable bonds is 2. The molecule has 7 heteroatoms. The largest absolute Gasteiger partial charge is 0.320 e. The van der Waals surface area contributed by atoms with Crippen LogP contribution in [-0.4, -0.2) is 27.3 Å². The number of benzene rings is 1. The van der Waals surface area contributed by atoms with Gasteiger partial charge >= 0.3 is 0 Å². The third kappa shape index (κ3) is 3.10. The van der Waals surface area contributed by atoms with E-state index in [0.29, 0.717) is 17.2 Å². The number of amides is 1. The van der Waals surface area contributed by atoms with Gasteiger partial charge in [0.1, 0.15) is 0 Å². The summed E-state index contributed by atoms with van der Waals surface area (Å²) in [5, 5.41) is 9.98. The van der Waals surface area contributed by atoms with E-state index >= 15 is 0 Å². The van der Waals surface area contributed by atoms with E-state index in [2.05, 4.69) is 32.0 Å². The summed E-state index contributed by atoms with van der Waals surface area (Å²) in [7, 11) is 0. The van der Waals surface area contributed by atoms with Gasteiger partial charge in [0, 0.05) is 22.7 Å². The van der Waals surface area contributed by atoms with E-state index in [4.69, 9.17) is 5.73 Å². The zero-order valence-electron chi connectivity index (χ0n) is 9.25. The lowest BCUT2D eigenvalue weighted by atomic mass is 10.1. The number of carbonyl (C=O) groups excluding carboxylic acids is 1. The SMILES string of the molecule is NCC#Cc1ccc(C(=O)Nc2nnns2)cc1. The molecule has 0 aliphatic carbocycles. The topological polar surface area (TPSA) is 93.8 Å². The van der Waals surface area contributed by atoms with Crippen molar-refractivity contribution < 1.29 is 4.79 Å².